The number of benzene rings is 3. The van der Waals surface area contributed by atoms with Gasteiger partial charge in [-0.15, -0.1) is 0 Å². The van der Waals surface area contributed by atoms with Crippen molar-refractivity contribution in [2.24, 2.45) is 0 Å². The summed E-state index contributed by atoms with van der Waals surface area (Å²) >= 11 is 12.4. The van der Waals surface area contributed by atoms with Crippen LogP contribution in [0.4, 0.5) is 23.7 Å². The molecule has 0 bridgehead atoms. The van der Waals surface area contributed by atoms with Crippen molar-refractivity contribution in [3.63, 3.8) is 0 Å². The highest BCUT2D eigenvalue weighted by molar-refractivity contribution is 6.42. The molecule has 0 spiro atoms. The molecule has 38 heavy (non-hydrogen) atoms. The van der Waals surface area contributed by atoms with Gasteiger partial charge in [0, 0.05) is 0 Å². The molecule has 4 amide bonds. The van der Waals surface area contributed by atoms with Crippen molar-refractivity contribution in [3.05, 3.63) is 93.0 Å². The van der Waals surface area contributed by atoms with Gasteiger partial charge in [0.2, 0.25) is 0 Å². The smallest absolute Gasteiger partial charge is 0.416 e. The van der Waals surface area contributed by atoms with Gasteiger partial charge < -0.3 is 9.47 Å². The number of amides is 4. The number of anilines is 1. The number of rotatable bonds is 6. The van der Waals surface area contributed by atoms with E-state index in [0.29, 0.717) is 17.0 Å². The largest absolute Gasteiger partial charge is 0.493 e. The predicted molar refractivity (Wildman–Crippen MR) is 134 cm³/mol. The Balaban J connectivity index is 1.69. The Morgan fingerprint density at radius 1 is 0.974 bits per heavy atom. The summed E-state index contributed by atoms with van der Waals surface area (Å²) in [6.07, 6.45) is -3.64. The van der Waals surface area contributed by atoms with Crippen molar-refractivity contribution < 1.29 is 37.0 Å². The van der Waals surface area contributed by atoms with E-state index in [1.807, 2.05) is 35.6 Å². The van der Waals surface area contributed by atoms with E-state index >= 15 is 0 Å². The summed E-state index contributed by atoms with van der Waals surface area (Å²) in [7, 11) is 1.37. The van der Waals surface area contributed by atoms with Crippen molar-refractivity contribution in [1.82, 2.24) is 5.32 Å². The van der Waals surface area contributed by atoms with Crippen molar-refractivity contribution in [2.45, 2.75) is 12.8 Å². The highest BCUT2D eigenvalue weighted by Gasteiger charge is 2.39. The van der Waals surface area contributed by atoms with E-state index in [9.17, 15) is 27.6 Å². The van der Waals surface area contributed by atoms with E-state index in [4.69, 9.17) is 32.7 Å². The number of hydrogen-bond donors (Lipinski definition) is 1. The normalized spacial score (nSPS) is 15.1. The van der Waals surface area contributed by atoms with Crippen molar-refractivity contribution in [1.29, 1.82) is 0 Å². The minimum Gasteiger partial charge on any atom is -0.493 e. The van der Waals surface area contributed by atoms with Crippen LogP contribution in [-0.2, 0) is 22.4 Å². The topological polar surface area (TPSA) is 84.9 Å². The van der Waals surface area contributed by atoms with E-state index in [-0.39, 0.29) is 33.7 Å². The molecule has 1 saturated heterocycles. The molecule has 0 unspecified atom stereocenters. The first kappa shape index (κ1) is 27.0. The van der Waals surface area contributed by atoms with Gasteiger partial charge in [-0.25, -0.2) is 9.69 Å². The zero-order valence-electron chi connectivity index (χ0n) is 19.4. The molecule has 0 aromatic heterocycles. The number of nitrogens with zero attached hydrogens (tertiary/aromatic N) is 1. The number of barbiturate groups is 1. The molecule has 4 rings (SSSR count). The Kier molecular flexibility index (Phi) is 7.66. The van der Waals surface area contributed by atoms with Crippen LogP contribution in [0.5, 0.6) is 11.5 Å². The molecule has 196 valence electrons. The Hall–Kier alpha value is -4.02. The number of nitrogens with one attached hydrogen (secondary N) is 1. The fourth-order valence-corrected chi connectivity index (χ4v) is 4.07. The van der Waals surface area contributed by atoms with Gasteiger partial charge in [0.15, 0.2) is 11.5 Å². The van der Waals surface area contributed by atoms with Gasteiger partial charge in [0.1, 0.15) is 12.2 Å². The number of hydrogen-bond acceptors (Lipinski definition) is 5. The number of alkyl halides is 3. The molecule has 0 atom stereocenters. The fourth-order valence-electron chi connectivity index (χ4n) is 3.60. The number of urea groups is 1. The number of methoxy groups -OCH3 is 1. The lowest BCUT2D eigenvalue weighted by Gasteiger charge is -2.27. The summed E-state index contributed by atoms with van der Waals surface area (Å²) in [5, 5.41) is 1.73. The van der Waals surface area contributed by atoms with Crippen LogP contribution in [0.25, 0.3) is 6.08 Å². The molecule has 1 aliphatic rings. The molecule has 0 saturated carbocycles. The molecule has 3 aromatic carbocycles. The molecule has 7 nitrogen and oxygen atoms in total. The van der Waals surface area contributed by atoms with Crippen molar-refractivity contribution in [3.8, 4) is 11.5 Å². The third kappa shape index (κ3) is 5.61. The molecular weight excluding hydrogens is 548 g/mol. The lowest BCUT2D eigenvalue weighted by molar-refractivity contribution is -0.137. The standard InChI is InChI=1S/C26H17Cl2F3N2O5/c1-37-21-11-15(10-19(28)22(21)38-13-14-5-3-2-4-6-14)9-17-23(34)32-25(36)33(24(17)35)20-12-16(26(29,30)31)7-8-18(20)27/h2-12H,13H2,1H3,(H,32,34,36)/b17-9-. The molecule has 1 heterocycles. The maximum atomic E-state index is 13.2. The number of imide groups is 2. The van der Waals surface area contributed by atoms with Crippen LogP contribution in [0.2, 0.25) is 10.0 Å². The van der Waals surface area contributed by atoms with Crippen molar-refractivity contribution in [2.75, 3.05) is 12.0 Å². The summed E-state index contributed by atoms with van der Waals surface area (Å²) in [4.78, 5) is 38.5. The quantitative estimate of drug-likeness (QED) is 0.282. The monoisotopic (exact) mass is 564 g/mol. The average molecular weight is 565 g/mol. The Morgan fingerprint density at radius 2 is 1.68 bits per heavy atom. The third-order valence-electron chi connectivity index (χ3n) is 5.40. The Bertz CT molecular complexity index is 1460. The summed E-state index contributed by atoms with van der Waals surface area (Å²) in [6.45, 7) is 0.188. The zero-order chi connectivity index (χ0) is 27.6. The first-order valence-electron chi connectivity index (χ1n) is 10.8. The van der Waals surface area contributed by atoms with E-state index < -0.39 is 40.8 Å². The van der Waals surface area contributed by atoms with Crippen LogP contribution >= 0.6 is 23.2 Å². The summed E-state index contributed by atoms with van der Waals surface area (Å²) in [6, 6.07) is 13.0. The molecular formula is C26H17Cl2F3N2O5. The number of carbonyl (C=O) groups excluding carboxylic acids is 3. The van der Waals surface area contributed by atoms with Gasteiger partial charge in [-0.2, -0.15) is 13.2 Å². The van der Waals surface area contributed by atoms with Gasteiger partial charge in [-0.1, -0.05) is 53.5 Å². The van der Waals surface area contributed by atoms with Crippen LogP contribution in [0.15, 0.2) is 66.2 Å². The van der Waals surface area contributed by atoms with E-state index in [2.05, 4.69) is 0 Å². The lowest BCUT2D eigenvalue weighted by atomic mass is 10.1. The maximum Gasteiger partial charge on any atom is 0.416 e. The van der Waals surface area contributed by atoms with Gasteiger partial charge in [-0.05, 0) is 47.5 Å². The Labute approximate surface area is 224 Å². The van der Waals surface area contributed by atoms with Crippen LogP contribution in [0, 0.1) is 0 Å². The molecule has 12 heteroatoms. The van der Waals surface area contributed by atoms with Gasteiger partial charge >= 0.3 is 12.2 Å². The van der Waals surface area contributed by atoms with Gasteiger partial charge in [-0.3, -0.25) is 14.9 Å². The van der Waals surface area contributed by atoms with Gasteiger partial charge in [0.05, 0.1) is 28.4 Å². The second-order valence-corrected chi connectivity index (χ2v) is 8.74. The highest BCUT2D eigenvalue weighted by atomic mass is 35.5. The summed E-state index contributed by atoms with van der Waals surface area (Å²) in [5.74, 6) is -1.83. The minimum atomic E-state index is -4.76. The van der Waals surface area contributed by atoms with Crippen LogP contribution in [0.3, 0.4) is 0 Å². The molecule has 1 fully saturated rings. The van der Waals surface area contributed by atoms with Gasteiger partial charge in [0.25, 0.3) is 11.8 Å². The van der Waals surface area contributed by atoms with E-state index in [0.717, 1.165) is 17.7 Å². The number of carbonyl (C=O) groups is 3. The van der Waals surface area contributed by atoms with Crippen LogP contribution in [-0.4, -0.2) is 25.0 Å². The lowest BCUT2D eigenvalue weighted by Crippen LogP contribution is -2.54. The highest BCUT2D eigenvalue weighted by Crippen LogP contribution is 2.39. The molecule has 1 aliphatic heterocycles. The molecule has 3 aromatic rings. The first-order chi connectivity index (χ1) is 18.0. The number of halogens is 5. The summed E-state index contributed by atoms with van der Waals surface area (Å²) < 4.78 is 50.8. The average Bonchev–Trinajstić information content (AvgIpc) is 2.86. The fraction of sp³-hybridized carbons (Fsp3) is 0.115. The molecule has 0 aliphatic carbocycles. The maximum absolute atomic E-state index is 13.2. The second-order valence-electron chi connectivity index (χ2n) is 7.93. The molecule has 0 radical (unpaired) electrons. The predicted octanol–water partition coefficient (Wildman–Crippen LogP) is 6.27. The number of ether oxygens (including phenoxy) is 2. The third-order valence-corrected chi connectivity index (χ3v) is 6.01. The SMILES string of the molecule is COc1cc(/C=C2/C(=O)NC(=O)N(c3cc(C(F)(F)F)ccc3Cl)C2=O)cc(Cl)c1OCc1ccccc1. The van der Waals surface area contributed by atoms with E-state index in [1.165, 1.54) is 19.2 Å². The minimum absolute atomic E-state index is 0.102. The molecule has 1 N–H and O–H groups in total. The zero-order valence-corrected chi connectivity index (χ0v) is 20.9. The van der Waals surface area contributed by atoms with Crippen molar-refractivity contribution >= 4 is 52.8 Å². The van der Waals surface area contributed by atoms with Crippen LogP contribution < -0.4 is 19.7 Å². The first-order valence-corrected chi connectivity index (χ1v) is 11.6. The summed E-state index contributed by atoms with van der Waals surface area (Å²) in [5.41, 5.74) is -1.12. The Morgan fingerprint density at radius 3 is 2.34 bits per heavy atom. The van der Waals surface area contributed by atoms with E-state index in [1.54, 1.807) is 0 Å². The van der Waals surface area contributed by atoms with Crippen LogP contribution in [0.1, 0.15) is 16.7 Å². The second kappa shape index (κ2) is 10.8.